The Morgan fingerprint density at radius 1 is 1.38 bits per heavy atom. The molecule has 16 heavy (non-hydrogen) atoms. The SMILES string of the molecule is COCCNCCCc1c(OC)cnn1C. The summed E-state index contributed by atoms with van der Waals surface area (Å²) in [6, 6.07) is 0. The first-order chi connectivity index (χ1) is 7.79. The fraction of sp³-hybridized carbons (Fsp3) is 0.727. The number of methoxy groups -OCH3 is 2. The number of nitrogens with zero attached hydrogens (tertiary/aromatic N) is 2. The topological polar surface area (TPSA) is 48.3 Å². The van der Waals surface area contributed by atoms with Crippen LogP contribution in [0.4, 0.5) is 0 Å². The fourth-order valence-corrected chi connectivity index (χ4v) is 1.58. The number of nitrogens with one attached hydrogen (secondary N) is 1. The van der Waals surface area contributed by atoms with Crippen LogP contribution in [0.3, 0.4) is 0 Å². The highest BCUT2D eigenvalue weighted by Crippen LogP contribution is 2.17. The van der Waals surface area contributed by atoms with Gasteiger partial charge in [-0.25, -0.2) is 0 Å². The summed E-state index contributed by atoms with van der Waals surface area (Å²) in [6.07, 6.45) is 3.80. The van der Waals surface area contributed by atoms with Crippen LogP contribution in [-0.4, -0.2) is 43.7 Å². The molecule has 0 radical (unpaired) electrons. The van der Waals surface area contributed by atoms with Crippen LogP contribution in [0.2, 0.25) is 0 Å². The number of hydrogen-bond acceptors (Lipinski definition) is 4. The van der Waals surface area contributed by atoms with Crippen molar-refractivity contribution in [3.63, 3.8) is 0 Å². The van der Waals surface area contributed by atoms with E-state index in [1.54, 1.807) is 20.4 Å². The van der Waals surface area contributed by atoms with E-state index < -0.39 is 0 Å². The zero-order valence-electron chi connectivity index (χ0n) is 10.3. The number of aromatic nitrogens is 2. The summed E-state index contributed by atoms with van der Waals surface area (Å²) in [5, 5.41) is 7.48. The minimum absolute atomic E-state index is 0.759. The molecular weight excluding hydrogens is 206 g/mol. The number of ether oxygens (including phenoxy) is 2. The van der Waals surface area contributed by atoms with E-state index in [2.05, 4.69) is 10.4 Å². The third kappa shape index (κ3) is 3.83. The predicted molar refractivity (Wildman–Crippen MR) is 62.8 cm³/mol. The van der Waals surface area contributed by atoms with Crippen molar-refractivity contribution in [2.45, 2.75) is 12.8 Å². The molecule has 1 rings (SSSR count). The van der Waals surface area contributed by atoms with Crippen LogP contribution in [0.25, 0.3) is 0 Å². The van der Waals surface area contributed by atoms with Crippen molar-refractivity contribution in [1.29, 1.82) is 0 Å². The maximum absolute atomic E-state index is 5.24. The highest BCUT2D eigenvalue weighted by molar-refractivity contribution is 5.24. The van der Waals surface area contributed by atoms with Crippen LogP contribution < -0.4 is 10.1 Å². The summed E-state index contributed by atoms with van der Waals surface area (Å²) in [7, 11) is 5.33. The first-order valence-corrected chi connectivity index (χ1v) is 5.54. The number of rotatable bonds is 8. The van der Waals surface area contributed by atoms with Crippen molar-refractivity contribution in [2.24, 2.45) is 7.05 Å². The van der Waals surface area contributed by atoms with Gasteiger partial charge in [-0.2, -0.15) is 5.10 Å². The molecule has 0 aliphatic rings. The summed E-state index contributed by atoms with van der Waals surface area (Å²) < 4.78 is 12.1. The first kappa shape index (κ1) is 13.0. The molecule has 5 nitrogen and oxygen atoms in total. The Morgan fingerprint density at radius 3 is 2.88 bits per heavy atom. The molecule has 1 N–H and O–H groups in total. The molecule has 0 saturated heterocycles. The Morgan fingerprint density at radius 2 is 2.19 bits per heavy atom. The molecule has 0 aliphatic heterocycles. The minimum atomic E-state index is 0.759. The van der Waals surface area contributed by atoms with Gasteiger partial charge in [-0.05, 0) is 19.4 Å². The van der Waals surface area contributed by atoms with Gasteiger partial charge in [0.1, 0.15) is 0 Å². The lowest BCUT2D eigenvalue weighted by Gasteiger charge is -2.06. The lowest BCUT2D eigenvalue weighted by Crippen LogP contribution is -2.20. The third-order valence-electron chi connectivity index (χ3n) is 2.49. The Balaban J connectivity index is 2.23. The summed E-state index contributed by atoms with van der Waals surface area (Å²) in [5.41, 5.74) is 1.15. The molecule has 0 bridgehead atoms. The summed E-state index contributed by atoms with van der Waals surface area (Å²) >= 11 is 0. The number of aryl methyl sites for hydroxylation is 1. The maximum Gasteiger partial charge on any atom is 0.159 e. The Kier molecular flexibility index (Phi) is 5.88. The monoisotopic (exact) mass is 227 g/mol. The van der Waals surface area contributed by atoms with Crippen LogP contribution in [-0.2, 0) is 18.2 Å². The van der Waals surface area contributed by atoms with Gasteiger partial charge >= 0.3 is 0 Å². The van der Waals surface area contributed by atoms with Gasteiger partial charge in [0.15, 0.2) is 5.75 Å². The van der Waals surface area contributed by atoms with Crippen LogP contribution in [0.5, 0.6) is 5.75 Å². The van der Waals surface area contributed by atoms with E-state index in [0.717, 1.165) is 44.0 Å². The van der Waals surface area contributed by atoms with Gasteiger partial charge in [0.2, 0.25) is 0 Å². The van der Waals surface area contributed by atoms with Gasteiger partial charge in [0.05, 0.1) is 25.6 Å². The first-order valence-electron chi connectivity index (χ1n) is 5.54. The molecule has 5 heteroatoms. The molecule has 1 heterocycles. The van der Waals surface area contributed by atoms with Crippen LogP contribution in [0.15, 0.2) is 6.20 Å². The van der Waals surface area contributed by atoms with Crippen molar-refractivity contribution < 1.29 is 9.47 Å². The van der Waals surface area contributed by atoms with E-state index >= 15 is 0 Å². The second-order valence-corrected chi connectivity index (χ2v) is 3.63. The smallest absolute Gasteiger partial charge is 0.159 e. The van der Waals surface area contributed by atoms with Gasteiger partial charge in [0.25, 0.3) is 0 Å². The van der Waals surface area contributed by atoms with E-state index in [0.29, 0.717) is 0 Å². The molecule has 1 aromatic heterocycles. The molecule has 92 valence electrons. The quantitative estimate of drug-likeness (QED) is 0.661. The second kappa shape index (κ2) is 7.24. The highest BCUT2D eigenvalue weighted by Gasteiger charge is 2.07. The van der Waals surface area contributed by atoms with Crippen LogP contribution in [0.1, 0.15) is 12.1 Å². The normalized spacial score (nSPS) is 10.7. The van der Waals surface area contributed by atoms with Crippen molar-refractivity contribution >= 4 is 0 Å². The lowest BCUT2D eigenvalue weighted by atomic mass is 10.2. The molecular formula is C11H21N3O2. The molecule has 0 fully saturated rings. The number of hydrogen-bond donors (Lipinski definition) is 1. The zero-order chi connectivity index (χ0) is 11.8. The van der Waals surface area contributed by atoms with Gasteiger partial charge < -0.3 is 14.8 Å². The molecule has 0 spiro atoms. The van der Waals surface area contributed by atoms with Crippen LogP contribution in [0, 0.1) is 0 Å². The van der Waals surface area contributed by atoms with Crippen LogP contribution >= 0.6 is 0 Å². The Labute approximate surface area is 96.7 Å². The standard InChI is InChI=1S/C11H21N3O2/c1-14-10(11(16-3)9-13-14)5-4-6-12-7-8-15-2/h9,12H,4-8H2,1-3H3. The van der Waals surface area contributed by atoms with Crippen molar-refractivity contribution in [3.05, 3.63) is 11.9 Å². The average molecular weight is 227 g/mol. The van der Waals surface area contributed by atoms with Crippen molar-refractivity contribution in [3.8, 4) is 5.75 Å². The third-order valence-corrected chi connectivity index (χ3v) is 2.49. The van der Waals surface area contributed by atoms with Gasteiger partial charge in [-0.15, -0.1) is 0 Å². The molecule has 0 atom stereocenters. The van der Waals surface area contributed by atoms with E-state index in [4.69, 9.17) is 9.47 Å². The Hall–Kier alpha value is -1.07. The van der Waals surface area contributed by atoms with Gasteiger partial charge in [0, 0.05) is 20.7 Å². The molecule has 0 amide bonds. The summed E-state index contributed by atoms with van der Waals surface area (Å²) in [5.74, 6) is 0.874. The molecule has 1 aromatic rings. The van der Waals surface area contributed by atoms with E-state index in [9.17, 15) is 0 Å². The average Bonchev–Trinajstić information content (AvgIpc) is 2.65. The Bertz CT molecular complexity index is 299. The van der Waals surface area contributed by atoms with Gasteiger partial charge in [-0.3, -0.25) is 4.68 Å². The molecule has 0 saturated carbocycles. The highest BCUT2D eigenvalue weighted by atomic mass is 16.5. The molecule has 0 unspecified atom stereocenters. The van der Waals surface area contributed by atoms with Crippen molar-refractivity contribution in [1.82, 2.24) is 15.1 Å². The molecule has 0 aromatic carbocycles. The summed E-state index contributed by atoms with van der Waals surface area (Å²) in [4.78, 5) is 0. The van der Waals surface area contributed by atoms with E-state index in [1.165, 1.54) is 0 Å². The fourth-order valence-electron chi connectivity index (χ4n) is 1.58. The minimum Gasteiger partial charge on any atom is -0.493 e. The second-order valence-electron chi connectivity index (χ2n) is 3.63. The van der Waals surface area contributed by atoms with Gasteiger partial charge in [-0.1, -0.05) is 0 Å². The predicted octanol–water partition coefficient (Wildman–Crippen LogP) is 0.597. The van der Waals surface area contributed by atoms with E-state index in [1.807, 2.05) is 11.7 Å². The van der Waals surface area contributed by atoms with E-state index in [-0.39, 0.29) is 0 Å². The summed E-state index contributed by atoms with van der Waals surface area (Å²) in [6.45, 7) is 2.64. The van der Waals surface area contributed by atoms with Crippen molar-refractivity contribution in [2.75, 3.05) is 33.9 Å². The maximum atomic E-state index is 5.24. The zero-order valence-corrected chi connectivity index (χ0v) is 10.3. The molecule has 0 aliphatic carbocycles. The lowest BCUT2D eigenvalue weighted by molar-refractivity contribution is 0.199. The largest absolute Gasteiger partial charge is 0.493 e.